The molecule has 66 valence electrons. The molecule has 0 bridgehead atoms. The summed E-state index contributed by atoms with van der Waals surface area (Å²) in [5.74, 6) is 0.584. The highest BCUT2D eigenvalue weighted by Crippen LogP contribution is 1.86. The molecule has 1 aromatic rings. The second-order valence-corrected chi connectivity index (χ2v) is 2.49. The van der Waals surface area contributed by atoms with Gasteiger partial charge in [0.05, 0.1) is 6.61 Å². The molecule has 6 heteroatoms. The zero-order chi connectivity index (χ0) is 8.81. The largest absolute Gasteiger partial charge is 0.383 e. The van der Waals surface area contributed by atoms with Gasteiger partial charge in [-0.05, 0) is 0 Å². The number of rotatable bonds is 4. The average molecular weight is 186 g/mol. The van der Waals surface area contributed by atoms with Crippen molar-refractivity contribution < 1.29 is 4.74 Å². The number of thiocarbonyl (C=S) groups is 1. The molecule has 0 atom stereocenters. The first-order valence-corrected chi connectivity index (χ1v) is 3.88. The minimum absolute atomic E-state index is 0.560. The number of aromatic amines is 1. The maximum absolute atomic E-state index is 4.99. The predicted molar refractivity (Wildman–Crippen MR) is 48.0 cm³/mol. The first-order valence-electron chi connectivity index (χ1n) is 3.47. The molecule has 0 radical (unpaired) electrons. The van der Waals surface area contributed by atoms with Gasteiger partial charge in [-0.2, -0.15) is 5.10 Å². The van der Waals surface area contributed by atoms with Crippen LogP contribution in [0.15, 0.2) is 6.33 Å². The fraction of sp³-hybridized carbons (Fsp3) is 0.500. The van der Waals surface area contributed by atoms with Crippen molar-refractivity contribution in [3.63, 3.8) is 0 Å². The van der Waals surface area contributed by atoms with Crippen LogP contribution in [0, 0.1) is 0 Å². The second-order valence-electron chi connectivity index (χ2n) is 2.08. The fourth-order valence-corrected chi connectivity index (χ4v) is 0.866. The number of aromatic nitrogens is 3. The summed E-state index contributed by atoms with van der Waals surface area (Å²) >= 11 is 4.99. The molecular formula is C6H10N4OS. The first kappa shape index (κ1) is 9.08. The van der Waals surface area contributed by atoms with Crippen LogP contribution in [0.3, 0.4) is 0 Å². The molecule has 0 aromatic carbocycles. The number of H-pyrrole nitrogens is 1. The summed E-state index contributed by atoms with van der Waals surface area (Å²) in [7, 11) is 1.64. The molecule has 0 fully saturated rings. The smallest absolute Gasteiger partial charge is 0.183 e. The number of ether oxygens (including phenoxy) is 1. The lowest BCUT2D eigenvalue weighted by molar-refractivity contribution is 0.204. The van der Waals surface area contributed by atoms with Gasteiger partial charge in [0.25, 0.3) is 0 Å². The van der Waals surface area contributed by atoms with Crippen LogP contribution in [0.5, 0.6) is 0 Å². The molecule has 0 aliphatic heterocycles. The molecule has 0 spiro atoms. The van der Waals surface area contributed by atoms with E-state index in [0.29, 0.717) is 24.0 Å². The number of methoxy groups -OCH3 is 1. The molecule has 2 N–H and O–H groups in total. The summed E-state index contributed by atoms with van der Waals surface area (Å²) in [6.07, 6.45) is 1.42. The Kier molecular flexibility index (Phi) is 3.62. The van der Waals surface area contributed by atoms with Gasteiger partial charge < -0.3 is 10.1 Å². The number of nitrogens with zero attached hydrogens (tertiary/aromatic N) is 2. The minimum atomic E-state index is 0.560. The van der Waals surface area contributed by atoms with Gasteiger partial charge in [-0.15, -0.1) is 0 Å². The lowest BCUT2D eigenvalue weighted by Crippen LogP contribution is -2.26. The molecule has 1 heterocycles. The van der Waals surface area contributed by atoms with Crippen molar-refractivity contribution >= 4 is 17.2 Å². The van der Waals surface area contributed by atoms with E-state index < -0.39 is 0 Å². The molecule has 0 saturated carbocycles. The maximum Gasteiger partial charge on any atom is 0.183 e. The van der Waals surface area contributed by atoms with Crippen LogP contribution in [0.2, 0.25) is 0 Å². The Morgan fingerprint density at radius 2 is 2.67 bits per heavy atom. The van der Waals surface area contributed by atoms with E-state index in [2.05, 4.69) is 20.5 Å². The maximum atomic E-state index is 4.99. The highest BCUT2D eigenvalue weighted by Gasteiger charge is 2.01. The summed E-state index contributed by atoms with van der Waals surface area (Å²) in [4.78, 5) is 4.44. The Balaban J connectivity index is 2.30. The molecule has 0 aliphatic carbocycles. The summed E-state index contributed by atoms with van der Waals surface area (Å²) in [6.45, 7) is 1.30. The number of hydrogen-bond acceptors (Lipinski definition) is 4. The summed E-state index contributed by atoms with van der Waals surface area (Å²) in [5.41, 5.74) is 0. The third-order valence-corrected chi connectivity index (χ3v) is 1.56. The second kappa shape index (κ2) is 4.78. The van der Waals surface area contributed by atoms with E-state index in [4.69, 9.17) is 17.0 Å². The quantitative estimate of drug-likeness (QED) is 0.500. The Hall–Kier alpha value is -1.01. The van der Waals surface area contributed by atoms with Gasteiger partial charge >= 0.3 is 0 Å². The number of hydrogen-bond donors (Lipinski definition) is 2. The Morgan fingerprint density at radius 3 is 3.25 bits per heavy atom. The summed E-state index contributed by atoms with van der Waals surface area (Å²) in [6, 6.07) is 0. The van der Waals surface area contributed by atoms with Gasteiger partial charge in [0, 0.05) is 13.7 Å². The Labute approximate surface area is 75.5 Å². The summed E-state index contributed by atoms with van der Waals surface area (Å²) in [5, 5.41) is 9.29. The molecule has 0 saturated heterocycles. The van der Waals surface area contributed by atoms with Crippen molar-refractivity contribution in [2.45, 2.75) is 0 Å². The SMILES string of the molecule is COCCNC(=S)c1ncn[nH]1. The molecule has 0 amide bonds. The molecule has 12 heavy (non-hydrogen) atoms. The lowest BCUT2D eigenvalue weighted by Gasteiger charge is -2.02. The topological polar surface area (TPSA) is 62.8 Å². The van der Waals surface area contributed by atoms with Crippen LogP contribution in [-0.2, 0) is 4.74 Å². The molecule has 1 aromatic heterocycles. The monoisotopic (exact) mass is 186 g/mol. The van der Waals surface area contributed by atoms with E-state index in [1.807, 2.05) is 0 Å². The van der Waals surface area contributed by atoms with E-state index in [1.54, 1.807) is 7.11 Å². The van der Waals surface area contributed by atoms with Gasteiger partial charge in [-0.25, -0.2) is 4.98 Å². The molecular weight excluding hydrogens is 176 g/mol. The highest BCUT2D eigenvalue weighted by atomic mass is 32.1. The fourth-order valence-electron chi connectivity index (χ4n) is 0.665. The van der Waals surface area contributed by atoms with E-state index in [1.165, 1.54) is 6.33 Å². The van der Waals surface area contributed by atoms with Crippen molar-refractivity contribution in [2.24, 2.45) is 0 Å². The van der Waals surface area contributed by atoms with Gasteiger partial charge in [0.1, 0.15) is 11.3 Å². The zero-order valence-electron chi connectivity index (χ0n) is 6.70. The average Bonchev–Trinajstić information content (AvgIpc) is 2.56. The molecule has 5 nitrogen and oxygen atoms in total. The van der Waals surface area contributed by atoms with Crippen LogP contribution >= 0.6 is 12.2 Å². The van der Waals surface area contributed by atoms with Gasteiger partial charge in [-0.1, -0.05) is 12.2 Å². The van der Waals surface area contributed by atoms with Crippen LogP contribution in [0.25, 0.3) is 0 Å². The molecule has 0 unspecified atom stereocenters. The predicted octanol–water partition coefficient (Wildman–Crippen LogP) is -0.284. The van der Waals surface area contributed by atoms with Crippen LogP contribution < -0.4 is 5.32 Å². The van der Waals surface area contributed by atoms with Crippen molar-refractivity contribution in [3.8, 4) is 0 Å². The zero-order valence-corrected chi connectivity index (χ0v) is 7.52. The number of nitrogens with one attached hydrogen (secondary N) is 2. The van der Waals surface area contributed by atoms with Crippen molar-refractivity contribution in [2.75, 3.05) is 20.3 Å². The standard InChI is InChI=1S/C6H10N4OS/c1-11-3-2-7-6(12)5-8-4-9-10-5/h4H,2-3H2,1H3,(H,7,12)(H,8,9,10). The summed E-state index contributed by atoms with van der Waals surface area (Å²) < 4.78 is 4.84. The van der Waals surface area contributed by atoms with Crippen molar-refractivity contribution in [1.82, 2.24) is 20.5 Å². The molecule has 0 aliphatic rings. The van der Waals surface area contributed by atoms with Gasteiger partial charge in [-0.3, -0.25) is 5.10 Å². The van der Waals surface area contributed by atoms with Crippen molar-refractivity contribution in [1.29, 1.82) is 0 Å². The Morgan fingerprint density at radius 1 is 1.83 bits per heavy atom. The first-order chi connectivity index (χ1) is 5.84. The van der Waals surface area contributed by atoms with E-state index in [0.717, 1.165) is 0 Å². The van der Waals surface area contributed by atoms with Crippen LogP contribution in [0.4, 0.5) is 0 Å². The van der Waals surface area contributed by atoms with Crippen LogP contribution in [-0.4, -0.2) is 40.4 Å². The Bertz CT molecular complexity index is 236. The van der Waals surface area contributed by atoms with E-state index >= 15 is 0 Å². The van der Waals surface area contributed by atoms with Gasteiger partial charge in [0.15, 0.2) is 5.82 Å². The lowest BCUT2D eigenvalue weighted by atomic mass is 10.5. The van der Waals surface area contributed by atoms with E-state index in [-0.39, 0.29) is 0 Å². The van der Waals surface area contributed by atoms with E-state index in [9.17, 15) is 0 Å². The highest BCUT2D eigenvalue weighted by molar-refractivity contribution is 7.80. The third-order valence-electron chi connectivity index (χ3n) is 1.22. The minimum Gasteiger partial charge on any atom is -0.383 e. The van der Waals surface area contributed by atoms with Crippen molar-refractivity contribution in [3.05, 3.63) is 12.2 Å². The van der Waals surface area contributed by atoms with Crippen LogP contribution in [0.1, 0.15) is 5.82 Å². The third kappa shape index (κ3) is 2.55. The van der Waals surface area contributed by atoms with Gasteiger partial charge in [0.2, 0.25) is 0 Å². The normalized spacial score (nSPS) is 9.75. The molecule has 1 rings (SSSR count).